The molecule has 0 fully saturated rings. The van der Waals surface area contributed by atoms with Crippen molar-refractivity contribution in [1.82, 2.24) is 20.3 Å². The van der Waals surface area contributed by atoms with Gasteiger partial charge in [-0.15, -0.1) is 0 Å². The lowest BCUT2D eigenvalue weighted by molar-refractivity contribution is -0.384. The molecule has 34 heavy (non-hydrogen) atoms. The van der Waals surface area contributed by atoms with Gasteiger partial charge in [0.15, 0.2) is 11.6 Å². The number of carbonyl (C=O) groups excluding carboxylic acids is 1. The van der Waals surface area contributed by atoms with E-state index in [1.165, 1.54) is 24.4 Å². The van der Waals surface area contributed by atoms with Crippen molar-refractivity contribution in [1.29, 1.82) is 0 Å². The van der Waals surface area contributed by atoms with Crippen LogP contribution in [0.3, 0.4) is 0 Å². The zero-order valence-electron chi connectivity index (χ0n) is 17.5. The van der Waals surface area contributed by atoms with Gasteiger partial charge in [-0.1, -0.05) is 0 Å². The Balaban J connectivity index is 1.58. The van der Waals surface area contributed by atoms with E-state index in [4.69, 9.17) is 4.74 Å². The predicted molar refractivity (Wildman–Crippen MR) is 119 cm³/mol. The molecule has 172 valence electrons. The maximum atomic E-state index is 11.8. The average molecular weight is 464 g/mol. The van der Waals surface area contributed by atoms with Gasteiger partial charge in [0.2, 0.25) is 11.3 Å². The summed E-state index contributed by atoms with van der Waals surface area (Å²) in [5.41, 5.74) is 3.76. The molecule has 2 aromatic heterocycles. The molecule has 0 aliphatic rings. The Hall–Kier alpha value is -5.14. The summed E-state index contributed by atoms with van der Waals surface area (Å²) in [5, 5.41) is 35.2. The molecule has 0 saturated heterocycles. The number of ether oxygens (including phenoxy) is 1. The number of benzene rings is 2. The van der Waals surface area contributed by atoms with E-state index in [0.29, 0.717) is 11.3 Å². The van der Waals surface area contributed by atoms with Crippen molar-refractivity contribution in [3.05, 3.63) is 63.7 Å². The van der Waals surface area contributed by atoms with Crippen LogP contribution in [0.2, 0.25) is 0 Å². The van der Waals surface area contributed by atoms with Crippen LogP contribution in [0.15, 0.2) is 52.2 Å². The Bertz CT molecular complexity index is 1390. The number of non-ortho nitro benzene ring substituents is 1. The Labute approximate surface area is 190 Å². The van der Waals surface area contributed by atoms with Gasteiger partial charge >= 0.3 is 5.97 Å². The summed E-state index contributed by atoms with van der Waals surface area (Å²) < 4.78 is 9.61. The highest BCUT2D eigenvalue weighted by Crippen LogP contribution is 2.25. The second-order valence-corrected chi connectivity index (χ2v) is 6.63. The Morgan fingerprint density at radius 2 is 1.88 bits per heavy atom. The number of nitrogens with one attached hydrogen (secondary N) is 2. The summed E-state index contributed by atoms with van der Waals surface area (Å²) in [6, 6.07) is 9.99. The van der Waals surface area contributed by atoms with Crippen LogP contribution in [0.4, 0.5) is 23.0 Å². The molecule has 0 saturated carbocycles. The van der Waals surface area contributed by atoms with E-state index in [9.17, 15) is 20.0 Å². The third-order valence-electron chi connectivity index (χ3n) is 4.37. The summed E-state index contributed by atoms with van der Waals surface area (Å²) in [7, 11) is 0. The molecule has 0 amide bonds. The zero-order valence-corrected chi connectivity index (χ0v) is 17.5. The van der Waals surface area contributed by atoms with Crippen molar-refractivity contribution in [3.8, 4) is 5.75 Å². The van der Waals surface area contributed by atoms with E-state index >= 15 is 0 Å². The summed E-state index contributed by atoms with van der Waals surface area (Å²) in [6.07, 6.45) is 1.19. The number of hydrazone groups is 1. The number of anilines is 3. The minimum atomic E-state index is -0.587. The molecule has 0 aliphatic carbocycles. The van der Waals surface area contributed by atoms with E-state index in [1.54, 1.807) is 31.2 Å². The second-order valence-electron chi connectivity index (χ2n) is 6.63. The maximum absolute atomic E-state index is 11.8. The molecule has 0 aliphatic heterocycles. The first-order chi connectivity index (χ1) is 16.4. The number of aromatic hydroxyl groups is 1. The average Bonchev–Trinajstić information content (AvgIpc) is 3.28. The topological polar surface area (TPSA) is 191 Å². The lowest BCUT2D eigenvalue weighted by atomic mass is 10.2. The van der Waals surface area contributed by atoms with Gasteiger partial charge in [-0.05, 0) is 47.6 Å². The van der Waals surface area contributed by atoms with Crippen LogP contribution in [0, 0.1) is 10.1 Å². The lowest BCUT2D eigenvalue weighted by Gasteiger charge is -2.10. The lowest BCUT2D eigenvalue weighted by Crippen LogP contribution is -2.05. The van der Waals surface area contributed by atoms with Crippen LogP contribution >= 0.6 is 0 Å². The number of nitrogens with zero attached hydrogens (tertiary/aromatic N) is 6. The molecule has 3 N–H and O–H groups in total. The summed E-state index contributed by atoms with van der Waals surface area (Å²) in [6.45, 7) is 1.99. The van der Waals surface area contributed by atoms with E-state index in [2.05, 4.69) is 40.8 Å². The Kier molecular flexibility index (Phi) is 6.20. The van der Waals surface area contributed by atoms with Crippen LogP contribution in [0.25, 0.3) is 11.3 Å². The standard InChI is InChI=1S/C20H16N8O6/c1-2-33-20(30)11-3-5-13(6-4-11)22-16-17(24-19-18(23-16)26-34-27-19)25-21-10-12-9-14(28(31)32)7-8-15(12)29/h3-10,29H,2H2,1H3,(H,22,23,26)(H,24,25,27)/b21-10+. The third kappa shape index (κ3) is 4.85. The number of carbonyl (C=O) groups is 1. The quantitative estimate of drug-likeness (QED) is 0.150. The molecule has 0 bridgehead atoms. The molecule has 0 unspecified atom stereocenters. The van der Waals surface area contributed by atoms with Crippen molar-refractivity contribution in [2.24, 2.45) is 5.10 Å². The van der Waals surface area contributed by atoms with Crippen LogP contribution in [0.5, 0.6) is 5.75 Å². The van der Waals surface area contributed by atoms with E-state index in [0.717, 1.165) is 0 Å². The van der Waals surface area contributed by atoms with Crippen molar-refractivity contribution in [3.63, 3.8) is 0 Å². The van der Waals surface area contributed by atoms with Gasteiger partial charge in [0, 0.05) is 23.4 Å². The fraction of sp³-hybridized carbons (Fsp3) is 0.100. The van der Waals surface area contributed by atoms with E-state index in [1.807, 2.05) is 0 Å². The Morgan fingerprint density at radius 1 is 1.18 bits per heavy atom. The highest BCUT2D eigenvalue weighted by molar-refractivity contribution is 5.90. The first kappa shape index (κ1) is 22.1. The van der Waals surface area contributed by atoms with Gasteiger partial charge in [0.25, 0.3) is 5.69 Å². The normalized spacial score (nSPS) is 11.0. The highest BCUT2D eigenvalue weighted by atomic mass is 16.6. The molecular formula is C20H16N8O6. The van der Waals surface area contributed by atoms with E-state index < -0.39 is 10.9 Å². The van der Waals surface area contributed by atoms with Crippen molar-refractivity contribution in [2.75, 3.05) is 17.3 Å². The van der Waals surface area contributed by atoms with Gasteiger partial charge < -0.3 is 15.2 Å². The summed E-state index contributed by atoms with van der Waals surface area (Å²) >= 11 is 0. The van der Waals surface area contributed by atoms with Crippen LogP contribution < -0.4 is 10.7 Å². The Morgan fingerprint density at radius 3 is 2.56 bits per heavy atom. The minimum absolute atomic E-state index is 0.110. The van der Waals surface area contributed by atoms with E-state index in [-0.39, 0.29) is 46.5 Å². The fourth-order valence-electron chi connectivity index (χ4n) is 2.77. The molecule has 14 heteroatoms. The number of hydrogen-bond acceptors (Lipinski definition) is 13. The second kappa shape index (κ2) is 9.56. The summed E-state index contributed by atoms with van der Waals surface area (Å²) in [4.78, 5) is 30.7. The number of hydrogen-bond donors (Lipinski definition) is 3. The molecular weight excluding hydrogens is 448 g/mol. The molecule has 4 aromatic rings. The number of esters is 1. The molecule has 14 nitrogen and oxygen atoms in total. The van der Waals surface area contributed by atoms with Gasteiger partial charge in [-0.3, -0.25) is 15.5 Å². The number of fused-ring (bicyclic) bond motifs is 1. The first-order valence-electron chi connectivity index (χ1n) is 9.75. The predicted octanol–water partition coefficient (Wildman–Crippen LogP) is 2.99. The number of aromatic nitrogens is 4. The maximum Gasteiger partial charge on any atom is 0.338 e. The number of phenolic OH excluding ortho intramolecular Hbond substituents is 1. The molecule has 0 spiro atoms. The number of nitro groups is 1. The van der Waals surface area contributed by atoms with Crippen molar-refractivity contribution < 1.29 is 24.2 Å². The molecule has 2 heterocycles. The highest BCUT2D eigenvalue weighted by Gasteiger charge is 2.14. The van der Waals surface area contributed by atoms with Gasteiger partial charge in [-0.25, -0.2) is 14.4 Å². The van der Waals surface area contributed by atoms with Gasteiger partial charge in [-0.2, -0.15) is 10.1 Å². The zero-order chi connectivity index (χ0) is 24.1. The van der Waals surface area contributed by atoms with Gasteiger partial charge in [0.05, 0.1) is 23.3 Å². The largest absolute Gasteiger partial charge is 0.507 e. The number of rotatable bonds is 8. The minimum Gasteiger partial charge on any atom is -0.507 e. The van der Waals surface area contributed by atoms with Crippen LogP contribution in [-0.2, 0) is 4.74 Å². The van der Waals surface area contributed by atoms with Crippen molar-refractivity contribution in [2.45, 2.75) is 6.92 Å². The number of phenols is 1. The molecule has 2 aromatic carbocycles. The monoisotopic (exact) mass is 464 g/mol. The van der Waals surface area contributed by atoms with Crippen LogP contribution in [0.1, 0.15) is 22.8 Å². The molecule has 0 atom stereocenters. The summed E-state index contributed by atoms with van der Waals surface area (Å²) in [5.74, 6) is -0.310. The third-order valence-corrected chi connectivity index (χ3v) is 4.37. The first-order valence-corrected chi connectivity index (χ1v) is 9.75. The molecule has 4 rings (SSSR count). The molecule has 0 radical (unpaired) electrons. The van der Waals surface area contributed by atoms with Crippen LogP contribution in [-0.4, -0.2) is 49.1 Å². The fourth-order valence-corrected chi connectivity index (χ4v) is 2.77. The van der Waals surface area contributed by atoms with Gasteiger partial charge in [0.1, 0.15) is 5.75 Å². The van der Waals surface area contributed by atoms with Crippen molar-refractivity contribution >= 4 is 46.5 Å². The SMILES string of the molecule is CCOC(=O)c1ccc(Nc2nc3nonc3nc2N/N=C/c2cc([N+](=O)[O-])ccc2O)cc1. The smallest absolute Gasteiger partial charge is 0.338 e. The number of nitro benzene ring substituents is 1.